The third-order valence-corrected chi connectivity index (χ3v) is 4.02. The number of halogens is 2. The zero-order valence-electron chi connectivity index (χ0n) is 12.0. The molecule has 21 heavy (non-hydrogen) atoms. The van der Waals surface area contributed by atoms with Crippen molar-refractivity contribution in [3.05, 3.63) is 46.1 Å². The van der Waals surface area contributed by atoms with Crippen LogP contribution in [0.4, 0.5) is 0 Å². The van der Waals surface area contributed by atoms with Gasteiger partial charge in [0.25, 0.3) is 0 Å². The van der Waals surface area contributed by atoms with E-state index < -0.39 is 0 Å². The van der Waals surface area contributed by atoms with Gasteiger partial charge in [0.05, 0.1) is 28.6 Å². The molecule has 0 bridgehead atoms. The Labute approximate surface area is 132 Å². The maximum absolute atomic E-state index is 6.28. The molecule has 3 rings (SSSR count). The van der Waals surface area contributed by atoms with Gasteiger partial charge in [-0.3, -0.25) is 0 Å². The summed E-state index contributed by atoms with van der Waals surface area (Å²) in [6.07, 6.45) is 0. The van der Waals surface area contributed by atoms with Crippen molar-refractivity contribution >= 4 is 34.2 Å². The summed E-state index contributed by atoms with van der Waals surface area (Å²) in [6, 6.07) is 5.67. The van der Waals surface area contributed by atoms with Crippen LogP contribution in [-0.2, 0) is 6.54 Å². The molecule has 0 spiro atoms. The third kappa shape index (κ3) is 2.54. The second-order valence-electron chi connectivity index (χ2n) is 5.11. The zero-order valence-corrected chi connectivity index (χ0v) is 13.5. The Balaban J connectivity index is 2.18. The van der Waals surface area contributed by atoms with Crippen LogP contribution >= 0.6 is 23.2 Å². The molecule has 0 aliphatic carbocycles. The molecule has 0 saturated heterocycles. The minimum atomic E-state index is -0.198. The highest BCUT2D eigenvalue weighted by atomic mass is 35.5. The first-order valence-electron chi connectivity index (χ1n) is 6.69. The van der Waals surface area contributed by atoms with Crippen molar-refractivity contribution in [3.8, 4) is 0 Å². The van der Waals surface area contributed by atoms with Crippen LogP contribution in [0.15, 0.2) is 22.7 Å². The van der Waals surface area contributed by atoms with Crippen LogP contribution < -0.4 is 0 Å². The molecule has 0 amide bonds. The summed E-state index contributed by atoms with van der Waals surface area (Å²) in [5.41, 5.74) is 3.79. The van der Waals surface area contributed by atoms with E-state index in [4.69, 9.17) is 27.7 Å². The number of fused-ring (bicyclic) bond motifs is 1. The predicted octanol–water partition coefficient (Wildman–Crippen LogP) is 4.64. The van der Waals surface area contributed by atoms with Gasteiger partial charge in [-0.1, -0.05) is 16.8 Å². The summed E-state index contributed by atoms with van der Waals surface area (Å²) in [4.78, 5) is 4.61. The maximum Gasteiger partial charge on any atom is 0.138 e. The van der Waals surface area contributed by atoms with Crippen LogP contribution in [0.25, 0.3) is 11.0 Å². The Hall–Kier alpha value is -1.52. The third-order valence-electron chi connectivity index (χ3n) is 3.59. The van der Waals surface area contributed by atoms with Gasteiger partial charge in [-0.05, 0) is 39.0 Å². The fraction of sp³-hybridized carbons (Fsp3) is 0.333. The van der Waals surface area contributed by atoms with Gasteiger partial charge >= 0.3 is 0 Å². The molecule has 3 aromatic rings. The lowest BCUT2D eigenvalue weighted by Crippen LogP contribution is -2.07. The smallest absolute Gasteiger partial charge is 0.138 e. The molecule has 4 nitrogen and oxygen atoms in total. The predicted molar refractivity (Wildman–Crippen MR) is 84.1 cm³/mol. The summed E-state index contributed by atoms with van der Waals surface area (Å²) in [5.74, 6) is 1.63. The number of hydrogen-bond donors (Lipinski definition) is 0. The van der Waals surface area contributed by atoms with E-state index in [0.717, 1.165) is 33.9 Å². The van der Waals surface area contributed by atoms with Gasteiger partial charge in [0.2, 0.25) is 0 Å². The van der Waals surface area contributed by atoms with E-state index in [-0.39, 0.29) is 5.38 Å². The molecule has 1 aromatic carbocycles. The monoisotopic (exact) mass is 323 g/mol. The first kappa shape index (κ1) is 14.4. The first-order chi connectivity index (χ1) is 9.97. The molecular weight excluding hydrogens is 309 g/mol. The molecular formula is C15H15Cl2N3O. The number of hydrogen-bond acceptors (Lipinski definition) is 3. The fourth-order valence-corrected chi connectivity index (χ4v) is 2.81. The van der Waals surface area contributed by atoms with Crippen molar-refractivity contribution in [2.45, 2.75) is 32.7 Å². The van der Waals surface area contributed by atoms with Gasteiger partial charge in [-0.2, -0.15) is 0 Å². The molecule has 6 heteroatoms. The number of aryl methyl sites for hydroxylation is 2. The summed E-state index contributed by atoms with van der Waals surface area (Å²) < 4.78 is 7.33. The van der Waals surface area contributed by atoms with Crippen LogP contribution in [-0.4, -0.2) is 14.7 Å². The topological polar surface area (TPSA) is 43.9 Å². The van der Waals surface area contributed by atoms with E-state index in [9.17, 15) is 0 Å². The van der Waals surface area contributed by atoms with E-state index in [1.165, 1.54) is 0 Å². The number of benzene rings is 1. The second-order valence-corrected chi connectivity index (χ2v) is 6.20. The lowest BCUT2D eigenvalue weighted by molar-refractivity contribution is 0.392. The van der Waals surface area contributed by atoms with Gasteiger partial charge in [0, 0.05) is 10.6 Å². The molecule has 0 N–H and O–H groups in total. The van der Waals surface area contributed by atoms with Gasteiger partial charge in [-0.25, -0.2) is 4.98 Å². The summed E-state index contributed by atoms with van der Waals surface area (Å²) in [7, 11) is 0. The quantitative estimate of drug-likeness (QED) is 0.659. The molecule has 2 aromatic heterocycles. The Morgan fingerprint density at radius 2 is 2.10 bits per heavy atom. The lowest BCUT2D eigenvalue weighted by atomic mass is 10.2. The molecule has 0 aliphatic heterocycles. The Morgan fingerprint density at radius 1 is 1.33 bits per heavy atom. The summed E-state index contributed by atoms with van der Waals surface area (Å²) >= 11 is 12.3. The minimum Gasteiger partial charge on any atom is -0.361 e. The van der Waals surface area contributed by atoms with E-state index in [1.54, 1.807) is 0 Å². The SMILES string of the molecule is Cc1noc(C)c1Cn1c(C(C)Cl)nc2cc(Cl)ccc21. The maximum atomic E-state index is 6.28. The van der Waals surface area contributed by atoms with Crippen LogP contribution in [0.5, 0.6) is 0 Å². The second kappa shape index (κ2) is 5.35. The Bertz CT molecular complexity index is 785. The molecule has 2 heterocycles. The number of rotatable bonds is 3. The molecule has 0 aliphatic rings. The molecule has 110 valence electrons. The van der Waals surface area contributed by atoms with Gasteiger partial charge in [0.1, 0.15) is 11.6 Å². The largest absolute Gasteiger partial charge is 0.361 e. The van der Waals surface area contributed by atoms with Gasteiger partial charge in [0.15, 0.2) is 0 Å². The number of nitrogens with zero attached hydrogens (tertiary/aromatic N) is 3. The normalized spacial score (nSPS) is 13.0. The number of alkyl halides is 1. The highest BCUT2D eigenvalue weighted by molar-refractivity contribution is 6.31. The molecule has 1 atom stereocenters. The zero-order chi connectivity index (χ0) is 15.1. The summed E-state index contributed by atoms with van der Waals surface area (Å²) in [6.45, 7) is 6.39. The van der Waals surface area contributed by atoms with E-state index in [0.29, 0.717) is 11.6 Å². The standard InChI is InChI=1S/C15H15Cl2N3O/c1-8(16)15-18-13-6-11(17)4-5-14(13)20(15)7-12-9(2)19-21-10(12)3/h4-6,8H,7H2,1-3H3. The highest BCUT2D eigenvalue weighted by Gasteiger charge is 2.18. The number of aromatic nitrogens is 3. The average Bonchev–Trinajstić information content (AvgIpc) is 2.94. The lowest BCUT2D eigenvalue weighted by Gasteiger charge is -2.10. The van der Waals surface area contributed by atoms with E-state index in [1.807, 2.05) is 39.0 Å². The minimum absolute atomic E-state index is 0.198. The fourth-order valence-electron chi connectivity index (χ4n) is 2.48. The van der Waals surface area contributed by atoms with E-state index in [2.05, 4.69) is 14.7 Å². The van der Waals surface area contributed by atoms with Gasteiger partial charge < -0.3 is 9.09 Å². The van der Waals surface area contributed by atoms with Crippen LogP contribution in [0.3, 0.4) is 0 Å². The number of imidazole rings is 1. The summed E-state index contributed by atoms with van der Waals surface area (Å²) in [5, 5.41) is 4.47. The molecule has 0 radical (unpaired) electrons. The van der Waals surface area contributed by atoms with Crippen LogP contribution in [0.2, 0.25) is 5.02 Å². The first-order valence-corrected chi connectivity index (χ1v) is 7.50. The van der Waals surface area contributed by atoms with Crippen LogP contribution in [0, 0.1) is 13.8 Å². The average molecular weight is 324 g/mol. The van der Waals surface area contributed by atoms with Crippen molar-refractivity contribution in [2.75, 3.05) is 0 Å². The molecule has 1 unspecified atom stereocenters. The molecule has 0 fully saturated rings. The Morgan fingerprint density at radius 3 is 2.71 bits per heavy atom. The van der Waals surface area contributed by atoms with Crippen molar-refractivity contribution < 1.29 is 4.52 Å². The van der Waals surface area contributed by atoms with Gasteiger partial charge in [-0.15, -0.1) is 11.6 Å². The van der Waals surface area contributed by atoms with Crippen molar-refractivity contribution in [1.29, 1.82) is 0 Å². The van der Waals surface area contributed by atoms with E-state index >= 15 is 0 Å². The highest BCUT2D eigenvalue weighted by Crippen LogP contribution is 2.28. The van der Waals surface area contributed by atoms with Crippen molar-refractivity contribution in [1.82, 2.24) is 14.7 Å². The molecule has 0 saturated carbocycles. The van der Waals surface area contributed by atoms with Crippen molar-refractivity contribution in [2.24, 2.45) is 0 Å². The Kier molecular flexibility index (Phi) is 3.68. The van der Waals surface area contributed by atoms with Crippen molar-refractivity contribution in [3.63, 3.8) is 0 Å². The van der Waals surface area contributed by atoms with Crippen LogP contribution in [0.1, 0.15) is 35.1 Å².